The summed E-state index contributed by atoms with van der Waals surface area (Å²) >= 11 is 0. The van der Waals surface area contributed by atoms with Gasteiger partial charge >= 0.3 is 0 Å². The lowest BCUT2D eigenvalue weighted by atomic mass is 10.2. The van der Waals surface area contributed by atoms with Crippen LogP contribution in [0.2, 0.25) is 0 Å². The van der Waals surface area contributed by atoms with E-state index in [1.54, 1.807) is 4.90 Å². The summed E-state index contributed by atoms with van der Waals surface area (Å²) in [6.07, 6.45) is 4.02. The van der Waals surface area contributed by atoms with Crippen molar-refractivity contribution in [2.75, 3.05) is 26.2 Å². The van der Waals surface area contributed by atoms with Gasteiger partial charge in [0.05, 0.1) is 17.8 Å². The van der Waals surface area contributed by atoms with Crippen LogP contribution in [0.1, 0.15) is 32.1 Å². The van der Waals surface area contributed by atoms with E-state index < -0.39 is 11.6 Å². The van der Waals surface area contributed by atoms with Crippen molar-refractivity contribution in [3.05, 3.63) is 41.9 Å². The molecule has 2 fully saturated rings. The molecule has 2 heterocycles. The van der Waals surface area contributed by atoms with Gasteiger partial charge in [-0.15, -0.1) is 0 Å². The van der Waals surface area contributed by atoms with E-state index in [1.165, 1.54) is 12.3 Å². The lowest BCUT2D eigenvalue weighted by Crippen LogP contribution is -2.55. The number of hydrogen-bond acceptors (Lipinski definition) is 5. The molecule has 9 heteroatoms. The second-order valence-electron chi connectivity index (χ2n) is 8.12. The summed E-state index contributed by atoms with van der Waals surface area (Å²) in [4.78, 5) is 32.8. The van der Waals surface area contributed by atoms with Crippen molar-refractivity contribution in [2.45, 2.75) is 44.7 Å². The van der Waals surface area contributed by atoms with Crippen molar-refractivity contribution < 1.29 is 22.8 Å². The minimum atomic E-state index is -0.725. The Balaban J connectivity index is 1.24. The van der Waals surface area contributed by atoms with Gasteiger partial charge in [-0.2, -0.15) is 0 Å². The number of oxazole rings is 1. The Kier molecular flexibility index (Phi) is 6.31. The standard InChI is InChI=1S/C22H26F2N4O3/c1-14(22(30)26-16-3-4-16)27-8-10-28(11-9-27)21(29)7-6-20-25-13-19(31-20)17-5-2-15(23)12-18(17)24/h2,5,12-14,16H,3-4,6-11H2,1H3,(H,26,30). The van der Waals surface area contributed by atoms with Gasteiger partial charge in [0.25, 0.3) is 0 Å². The molecule has 2 aromatic rings. The number of benzene rings is 1. The topological polar surface area (TPSA) is 78.7 Å². The van der Waals surface area contributed by atoms with Crippen LogP contribution in [0.15, 0.2) is 28.8 Å². The summed E-state index contributed by atoms with van der Waals surface area (Å²) in [5.41, 5.74) is 0.127. The van der Waals surface area contributed by atoms with Gasteiger partial charge in [-0.3, -0.25) is 14.5 Å². The van der Waals surface area contributed by atoms with Crippen molar-refractivity contribution in [1.29, 1.82) is 0 Å². The molecule has 1 saturated heterocycles. The summed E-state index contributed by atoms with van der Waals surface area (Å²) in [7, 11) is 0. The number of aryl methyl sites for hydroxylation is 1. The molecule has 1 aromatic carbocycles. The van der Waals surface area contributed by atoms with Crippen molar-refractivity contribution in [3.63, 3.8) is 0 Å². The quantitative estimate of drug-likeness (QED) is 0.727. The number of hydrogen-bond donors (Lipinski definition) is 1. The number of nitrogens with zero attached hydrogens (tertiary/aromatic N) is 3. The molecule has 1 atom stereocenters. The van der Waals surface area contributed by atoms with Gasteiger partial charge in [-0.05, 0) is 31.9 Å². The summed E-state index contributed by atoms with van der Waals surface area (Å²) in [6, 6.07) is 3.38. The third kappa shape index (κ3) is 5.28. The highest BCUT2D eigenvalue weighted by Gasteiger charge is 2.30. The van der Waals surface area contributed by atoms with Crippen molar-refractivity contribution >= 4 is 11.8 Å². The first-order valence-electron chi connectivity index (χ1n) is 10.6. The SMILES string of the molecule is CC(C(=O)NC1CC1)N1CCN(C(=O)CCc2ncc(-c3ccc(F)cc3F)o2)CC1. The third-order valence-electron chi connectivity index (χ3n) is 5.82. The minimum absolute atomic E-state index is 0.0116. The number of nitrogens with one attached hydrogen (secondary N) is 1. The monoisotopic (exact) mass is 432 g/mol. The predicted molar refractivity (Wildman–Crippen MR) is 109 cm³/mol. The van der Waals surface area contributed by atoms with Crippen LogP contribution in [-0.2, 0) is 16.0 Å². The summed E-state index contributed by atoms with van der Waals surface area (Å²) < 4.78 is 32.5. The molecule has 1 aliphatic heterocycles. The number of piperazine rings is 1. The van der Waals surface area contributed by atoms with Gasteiger partial charge in [0.1, 0.15) is 11.6 Å². The summed E-state index contributed by atoms with van der Waals surface area (Å²) in [5.74, 6) is -0.813. The Labute approximate surface area is 179 Å². The highest BCUT2D eigenvalue weighted by Crippen LogP contribution is 2.25. The number of carbonyl (C=O) groups is 2. The Hall–Kier alpha value is -2.81. The fraction of sp³-hybridized carbons (Fsp3) is 0.500. The molecule has 166 valence electrons. The number of amides is 2. The predicted octanol–water partition coefficient (Wildman–Crippen LogP) is 2.36. The number of carbonyl (C=O) groups excluding carboxylic acids is 2. The molecule has 0 radical (unpaired) electrons. The van der Waals surface area contributed by atoms with Crippen molar-refractivity contribution in [2.24, 2.45) is 0 Å². The fourth-order valence-corrected chi connectivity index (χ4v) is 3.69. The smallest absolute Gasteiger partial charge is 0.237 e. The van der Waals surface area contributed by atoms with Gasteiger partial charge in [-0.1, -0.05) is 0 Å². The molecule has 2 amide bonds. The highest BCUT2D eigenvalue weighted by molar-refractivity contribution is 5.82. The average Bonchev–Trinajstić information content (AvgIpc) is 3.45. The van der Waals surface area contributed by atoms with E-state index in [9.17, 15) is 18.4 Å². The zero-order valence-electron chi connectivity index (χ0n) is 17.4. The van der Waals surface area contributed by atoms with Crippen LogP contribution >= 0.6 is 0 Å². The Morgan fingerprint density at radius 2 is 1.97 bits per heavy atom. The van der Waals surface area contributed by atoms with E-state index >= 15 is 0 Å². The first kappa shape index (κ1) is 21.4. The lowest BCUT2D eigenvalue weighted by molar-refractivity contribution is -0.134. The maximum Gasteiger partial charge on any atom is 0.237 e. The molecular formula is C22H26F2N4O3. The maximum atomic E-state index is 13.9. The molecule has 0 spiro atoms. The van der Waals surface area contributed by atoms with E-state index in [0.717, 1.165) is 25.0 Å². The van der Waals surface area contributed by atoms with Crippen LogP contribution in [0.25, 0.3) is 11.3 Å². The molecule has 7 nitrogen and oxygen atoms in total. The Bertz CT molecular complexity index is 952. The van der Waals surface area contributed by atoms with Gasteiger partial charge in [-0.25, -0.2) is 13.8 Å². The normalized spacial score (nSPS) is 18.1. The van der Waals surface area contributed by atoms with E-state index in [-0.39, 0.29) is 35.6 Å². The van der Waals surface area contributed by atoms with Crippen molar-refractivity contribution in [3.8, 4) is 11.3 Å². The molecule has 31 heavy (non-hydrogen) atoms. The number of halogens is 2. The van der Waals surface area contributed by atoms with Gasteiger partial charge in [0, 0.05) is 51.1 Å². The van der Waals surface area contributed by atoms with Crippen LogP contribution in [0.5, 0.6) is 0 Å². The van der Waals surface area contributed by atoms with Gasteiger partial charge in [0.2, 0.25) is 11.8 Å². The largest absolute Gasteiger partial charge is 0.441 e. The van der Waals surface area contributed by atoms with Crippen molar-refractivity contribution in [1.82, 2.24) is 20.1 Å². The van der Waals surface area contributed by atoms with Crippen LogP contribution in [0.3, 0.4) is 0 Å². The minimum Gasteiger partial charge on any atom is -0.441 e. The van der Waals surface area contributed by atoms with E-state index in [4.69, 9.17) is 4.42 Å². The van der Waals surface area contributed by atoms with E-state index in [0.29, 0.717) is 44.5 Å². The van der Waals surface area contributed by atoms with E-state index in [2.05, 4.69) is 15.2 Å². The van der Waals surface area contributed by atoms with Crippen LogP contribution in [-0.4, -0.2) is 64.9 Å². The Morgan fingerprint density at radius 3 is 2.65 bits per heavy atom. The first-order valence-corrected chi connectivity index (χ1v) is 10.6. The second kappa shape index (κ2) is 9.13. The molecular weight excluding hydrogens is 406 g/mol. The molecule has 0 bridgehead atoms. The lowest BCUT2D eigenvalue weighted by Gasteiger charge is -2.37. The first-order chi connectivity index (χ1) is 14.9. The van der Waals surface area contributed by atoms with Gasteiger partial charge < -0.3 is 14.6 Å². The second-order valence-corrected chi connectivity index (χ2v) is 8.12. The van der Waals surface area contributed by atoms with E-state index in [1.807, 2.05) is 6.92 Å². The molecule has 2 aliphatic rings. The fourth-order valence-electron chi connectivity index (χ4n) is 3.69. The number of rotatable bonds is 7. The molecule has 1 saturated carbocycles. The maximum absolute atomic E-state index is 13.9. The van der Waals surface area contributed by atoms with Gasteiger partial charge in [0.15, 0.2) is 11.7 Å². The molecule has 1 aliphatic carbocycles. The molecule has 4 rings (SSSR count). The highest BCUT2D eigenvalue weighted by atomic mass is 19.1. The molecule has 1 N–H and O–H groups in total. The zero-order chi connectivity index (χ0) is 22.0. The summed E-state index contributed by atoms with van der Waals surface area (Å²) in [6.45, 7) is 4.34. The van der Waals surface area contributed by atoms with Crippen LogP contribution < -0.4 is 5.32 Å². The molecule has 1 unspecified atom stereocenters. The summed E-state index contributed by atoms with van der Waals surface area (Å²) in [5, 5.41) is 3.02. The number of aromatic nitrogens is 1. The zero-order valence-corrected chi connectivity index (χ0v) is 17.4. The molecule has 1 aromatic heterocycles. The van der Waals surface area contributed by atoms with Crippen LogP contribution in [0, 0.1) is 11.6 Å². The Morgan fingerprint density at radius 1 is 1.23 bits per heavy atom. The third-order valence-corrected chi connectivity index (χ3v) is 5.82. The average molecular weight is 432 g/mol. The van der Waals surface area contributed by atoms with Crippen LogP contribution in [0.4, 0.5) is 8.78 Å².